The van der Waals surface area contributed by atoms with Crippen molar-refractivity contribution in [3.63, 3.8) is 0 Å². The molecule has 3 atom stereocenters. The molecule has 0 spiro atoms. The van der Waals surface area contributed by atoms with Crippen molar-refractivity contribution in [1.29, 1.82) is 0 Å². The fourth-order valence-electron chi connectivity index (χ4n) is 3.94. The van der Waals surface area contributed by atoms with Crippen LogP contribution < -0.4 is 5.32 Å². The SMILES string of the molecule is O=C(NCCc1ccncc1)[C@@H]1C[C@@H]2CCN(Cc3ccoc3)C[C@H]2O1. The Balaban J connectivity index is 1.23. The van der Waals surface area contributed by atoms with E-state index in [0.717, 1.165) is 38.9 Å². The number of carbonyl (C=O) groups is 1. The highest BCUT2D eigenvalue weighted by Crippen LogP contribution is 2.33. The Bertz CT molecular complexity index is 704. The van der Waals surface area contributed by atoms with E-state index < -0.39 is 0 Å². The molecule has 0 aliphatic carbocycles. The van der Waals surface area contributed by atoms with Crippen LogP contribution in [0, 0.1) is 5.92 Å². The topological polar surface area (TPSA) is 67.6 Å². The Labute approximate surface area is 153 Å². The van der Waals surface area contributed by atoms with Crippen molar-refractivity contribution in [2.24, 2.45) is 5.92 Å². The lowest BCUT2D eigenvalue weighted by Crippen LogP contribution is -2.42. The van der Waals surface area contributed by atoms with Crippen LogP contribution >= 0.6 is 0 Å². The van der Waals surface area contributed by atoms with Crippen LogP contribution in [0.5, 0.6) is 0 Å². The number of hydrogen-bond acceptors (Lipinski definition) is 5. The first kappa shape index (κ1) is 17.2. The Morgan fingerprint density at radius 3 is 2.96 bits per heavy atom. The predicted octanol–water partition coefficient (Wildman–Crippen LogP) is 2.01. The standard InChI is InChI=1S/C20H25N3O3/c24-20(22-8-3-15-1-6-21-7-2-15)18-11-17-4-9-23(13-19(17)26-18)12-16-5-10-25-14-16/h1-2,5-7,10,14,17-19H,3-4,8-9,11-13H2,(H,22,24)/t17-,18-,19+/m0/s1. The number of amides is 1. The van der Waals surface area contributed by atoms with Gasteiger partial charge in [0.1, 0.15) is 6.10 Å². The quantitative estimate of drug-likeness (QED) is 0.859. The number of fused-ring (bicyclic) bond motifs is 1. The highest BCUT2D eigenvalue weighted by Gasteiger charge is 2.41. The van der Waals surface area contributed by atoms with Gasteiger partial charge < -0.3 is 14.5 Å². The molecule has 0 aromatic carbocycles. The summed E-state index contributed by atoms with van der Waals surface area (Å²) in [6.45, 7) is 3.44. The lowest BCUT2D eigenvalue weighted by atomic mass is 9.91. The summed E-state index contributed by atoms with van der Waals surface area (Å²) in [7, 11) is 0. The summed E-state index contributed by atoms with van der Waals surface area (Å²) < 4.78 is 11.2. The molecule has 6 nitrogen and oxygen atoms in total. The lowest BCUT2D eigenvalue weighted by Gasteiger charge is -2.33. The van der Waals surface area contributed by atoms with Gasteiger partial charge in [-0.1, -0.05) is 0 Å². The normalized spacial score (nSPS) is 25.8. The Hall–Kier alpha value is -2.18. The van der Waals surface area contributed by atoms with Crippen molar-refractivity contribution in [3.05, 3.63) is 54.2 Å². The van der Waals surface area contributed by atoms with E-state index >= 15 is 0 Å². The van der Waals surface area contributed by atoms with Crippen molar-refractivity contribution < 1.29 is 13.9 Å². The van der Waals surface area contributed by atoms with Gasteiger partial charge in [-0.05, 0) is 55.5 Å². The summed E-state index contributed by atoms with van der Waals surface area (Å²) in [5, 5.41) is 3.02. The molecule has 2 aromatic heterocycles. The van der Waals surface area contributed by atoms with Crippen LogP contribution in [0.2, 0.25) is 0 Å². The number of nitrogens with zero attached hydrogens (tertiary/aromatic N) is 2. The molecule has 6 heteroatoms. The summed E-state index contributed by atoms with van der Waals surface area (Å²) >= 11 is 0. The van der Waals surface area contributed by atoms with Gasteiger partial charge in [0.2, 0.25) is 5.91 Å². The zero-order valence-corrected chi connectivity index (χ0v) is 14.8. The third kappa shape index (κ3) is 4.14. The third-order valence-corrected chi connectivity index (χ3v) is 5.38. The number of piperidine rings is 1. The zero-order chi connectivity index (χ0) is 17.8. The summed E-state index contributed by atoms with van der Waals surface area (Å²) in [5.41, 5.74) is 2.36. The van der Waals surface area contributed by atoms with Crippen LogP contribution in [0.1, 0.15) is 24.0 Å². The number of rotatable bonds is 6. The summed E-state index contributed by atoms with van der Waals surface area (Å²) in [4.78, 5) is 18.8. The fraction of sp³-hybridized carbons (Fsp3) is 0.500. The van der Waals surface area contributed by atoms with Crippen LogP contribution in [0.3, 0.4) is 0 Å². The van der Waals surface area contributed by atoms with E-state index in [2.05, 4.69) is 15.2 Å². The van der Waals surface area contributed by atoms with Crippen LogP contribution in [-0.4, -0.2) is 47.6 Å². The van der Waals surface area contributed by atoms with E-state index in [-0.39, 0.29) is 18.1 Å². The Kier molecular flexibility index (Phi) is 5.32. The molecule has 0 bridgehead atoms. The first-order valence-electron chi connectivity index (χ1n) is 9.33. The van der Waals surface area contributed by atoms with E-state index in [1.807, 2.05) is 18.2 Å². The molecule has 0 radical (unpaired) electrons. The Morgan fingerprint density at radius 2 is 2.15 bits per heavy atom. The van der Waals surface area contributed by atoms with E-state index in [1.54, 1.807) is 24.9 Å². The van der Waals surface area contributed by atoms with Gasteiger partial charge in [-0.15, -0.1) is 0 Å². The maximum atomic E-state index is 12.4. The molecule has 2 saturated heterocycles. The second-order valence-corrected chi connectivity index (χ2v) is 7.21. The highest BCUT2D eigenvalue weighted by molar-refractivity contribution is 5.81. The number of hydrogen-bond donors (Lipinski definition) is 1. The molecule has 26 heavy (non-hydrogen) atoms. The maximum Gasteiger partial charge on any atom is 0.249 e. The number of nitrogens with one attached hydrogen (secondary N) is 1. The average molecular weight is 355 g/mol. The van der Waals surface area contributed by atoms with Gasteiger partial charge in [0.05, 0.1) is 18.6 Å². The second kappa shape index (κ2) is 8.01. The van der Waals surface area contributed by atoms with Gasteiger partial charge in [-0.25, -0.2) is 0 Å². The molecule has 138 valence electrons. The average Bonchev–Trinajstić information content (AvgIpc) is 3.32. The van der Waals surface area contributed by atoms with Gasteiger partial charge in [0, 0.05) is 37.6 Å². The molecule has 2 aromatic rings. The molecule has 2 fully saturated rings. The number of pyridine rings is 1. The maximum absolute atomic E-state index is 12.4. The van der Waals surface area contributed by atoms with Crippen molar-refractivity contribution >= 4 is 5.91 Å². The lowest BCUT2D eigenvalue weighted by molar-refractivity contribution is -0.132. The first-order valence-corrected chi connectivity index (χ1v) is 9.33. The minimum atomic E-state index is -0.309. The number of ether oxygens (including phenoxy) is 1. The molecule has 0 saturated carbocycles. The monoisotopic (exact) mass is 355 g/mol. The smallest absolute Gasteiger partial charge is 0.249 e. The number of carbonyl (C=O) groups excluding carboxylic acids is 1. The molecule has 0 unspecified atom stereocenters. The number of likely N-dealkylation sites (tertiary alicyclic amines) is 1. The summed E-state index contributed by atoms with van der Waals surface area (Å²) in [6, 6.07) is 5.95. The zero-order valence-electron chi connectivity index (χ0n) is 14.8. The van der Waals surface area contributed by atoms with Gasteiger partial charge in [-0.2, -0.15) is 0 Å². The van der Waals surface area contributed by atoms with Crippen molar-refractivity contribution in [2.45, 2.75) is 38.0 Å². The van der Waals surface area contributed by atoms with E-state index in [0.29, 0.717) is 12.5 Å². The van der Waals surface area contributed by atoms with Crippen molar-refractivity contribution in [1.82, 2.24) is 15.2 Å². The number of aromatic nitrogens is 1. The van der Waals surface area contributed by atoms with Crippen molar-refractivity contribution in [3.8, 4) is 0 Å². The minimum Gasteiger partial charge on any atom is -0.472 e. The molecular formula is C20H25N3O3. The molecular weight excluding hydrogens is 330 g/mol. The summed E-state index contributed by atoms with van der Waals surface area (Å²) in [5.74, 6) is 0.515. The molecule has 1 N–H and O–H groups in total. The Morgan fingerprint density at radius 1 is 1.27 bits per heavy atom. The van der Waals surface area contributed by atoms with Crippen LogP contribution in [-0.2, 0) is 22.5 Å². The second-order valence-electron chi connectivity index (χ2n) is 7.21. The molecule has 2 aliphatic rings. The molecule has 1 amide bonds. The molecule has 4 rings (SSSR count). The van der Waals surface area contributed by atoms with Gasteiger partial charge in [-0.3, -0.25) is 14.7 Å². The third-order valence-electron chi connectivity index (χ3n) is 5.38. The number of furan rings is 1. The summed E-state index contributed by atoms with van der Waals surface area (Å²) in [6.07, 6.45) is 9.64. The van der Waals surface area contributed by atoms with Gasteiger partial charge in [0.15, 0.2) is 0 Å². The first-order chi connectivity index (χ1) is 12.8. The van der Waals surface area contributed by atoms with Crippen molar-refractivity contribution in [2.75, 3.05) is 19.6 Å². The highest BCUT2D eigenvalue weighted by atomic mass is 16.5. The predicted molar refractivity (Wildman–Crippen MR) is 96.3 cm³/mol. The van der Waals surface area contributed by atoms with E-state index in [9.17, 15) is 4.79 Å². The van der Waals surface area contributed by atoms with Gasteiger partial charge in [0.25, 0.3) is 0 Å². The molecule has 2 aliphatic heterocycles. The van der Waals surface area contributed by atoms with Crippen LogP contribution in [0.25, 0.3) is 0 Å². The fourth-order valence-corrected chi connectivity index (χ4v) is 3.94. The van der Waals surface area contributed by atoms with Gasteiger partial charge >= 0.3 is 0 Å². The molecule has 4 heterocycles. The van der Waals surface area contributed by atoms with Crippen LogP contribution in [0.15, 0.2) is 47.5 Å². The van der Waals surface area contributed by atoms with Crippen LogP contribution in [0.4, 0.5) is 0 Å². The minimum absolute atomic E-state index is 0.0230. The van der Waals surface area contributed by atoms with E-state index in [1.165, 1.54) is 11.1 Å². The largest absolute Gasteiger partial charge is 0.472 e. The van der Waals surface area contributed by atoms with E-state index in [4.69, 9.17) is 9.15 Å².